The highest BCUT2D eigenvalue weighted by Gasteiger charge is 2.22. The largest absolute Gasteiger partial charge is 0.465 e. The summed E-state index contributed by atoms with van der Waals surface area (Å²) in [6.07, 6.45) is 7.17. The molecule has 0 aromatic carbocycles. The second-order valence-corrected chi connectivity index (χ2v) is 3.77. The van der Waals surface area contributed by atoms with Gasteiger partial charge in [0.15, 0.2) is 12.6 Å². The van der Waals surface area contributed by atoms with E-state index in [4.69, 9.17) is 14.3 Å². The minimum atomic E-state index is 0.0392. The zero-order valence-corrected chi connectivity index (χ0v) is 9.81. The van der Waals surface area contributed by atoms with Gasteiger partial charge >= 0.3 is 5.97 Å². The lowest BCUT2D eigenvalue weighted by atomic mass is 9.95. The molecule has 0 N–H and O–H groups in total. The Morgan fingerprint density at radius 2 is 2.00 bits per heavy atom. The summed E-state index contributed by atoms with van der Waals surface area (Å²) in [5.41, 5.74) is 0. The Morgan fingerprint density at radius 1 is 1.31 bits per heavy atom. The van der Waals surface area contributed by atoms with E-state index in [1.807, 2.05) is 0 Å². The number of carbonyl (C=O) groups is 3. The molecule has 0 radical (unpaired) electrons. The standard InChI is InChI=1S/C10H18O2.C2H2O2/c1-2-3-4-6-9-7-5-8-12-10(9)11;3-1-2-4/h9H,2-8H2,1H3;1-2H. The van der Waals surface area contributed by atoms with E-state index in [9.17, 15) is 4.79 Å². The van der Waals surface area contributed by atoms with E-state index in [-0.39, 0.29) is 24.5 Å². The van der Waals surface area contributed by atoms with Crippen LogP contribution in [0.2, 0.25) is 0 Å². The van der Waals surface area contributed by atoms with Gasteiger partial charge in [0.25, 0.3) is 0 Å². The van der Waals surface area contributed by atoms with Crippen molar-refractivity contribution in [2.24, 2.45) is 5.92 Å². The fourth-order valence-corrected chi connectivity index (χ4v) is 1.64. The number of cyclic esters (lactones) is 1. The van der Waals surface area contributed by atoms with E-state index >= 15 is 0 Å². The summed E-state index contributed by atoms with van der Waals surface area (Å²) in [5, 5.41) is 0. The zero-order chi connectivity index (χ0) is 12.2. The molecule has 1 rings (SSSR count). The van der Waals surface area contributed by atoms with Gasteiger partial charge in [-0.25, -0.2) is 0 Å². The molecule has 4 heteroatoms. The van der Waals surface area contributed by atoms with Crippen LogP contribution in [0.3, 0.4) is 0 Å². The van der Waals surface area contributed by atoms with Crippen LogP contribution in [0.15, 0.2) is 0 Å². The van der Waals surface area contributed by atoms with Gasteiger partial charge in [-0.3, -0.25) is 14.4 Å². The van der Waals surface area contributed by atoms with Gasteiger partial charge in [0.05, 0.1) is 12.5 Å². The first-order valence-corrected chi connectivity index (χ1v) is 5.81. The number of aldehydes is 2. The van der Waals surface area contributed by atoms with Gasteiger partial charge < -0.3 is 4.74 Å². The summed E-state index contributed by atoms with van der Waals surface area (Å²) in [5.74, 6) is 0.252. The predicted molar refractivity (Wildman–Crippen MR) is 60.0 cm³/mol. The molecule has 0 aromatic rings. The van der Waals surface area contributed by atoms with Crippen LogP contribution in [-0.4, -0.2) is 25.1 Å². The second kappa shape index (κ2) is 10.3. The van der Waals surface area contributed by atoms with Crippen LogP contribution in [0.1, 0.15) is 45.4 Å². The first-order valence-electron chi connectivity index (χ1n) is 5.81. The van der Waals surface area contributed by atoms with Crippen molar-refractivity contribution in [2.45, 2.75) is 45.4 Å². The third-order valence-corrected chi connectivity index (χ3v) is 2.49. The van der Waals surface area contributed by atoms with Gasteiger partial charge in [-0.2, -0.15) is 0 Å². The Balaban J connectivity index is 0.000000487. The summed E-state index contributed by atoms with van der Waals surface area (Å²) in [6, 6.07) is 0. The Labute approximate surface area is 96.4 Å². The number of hydrogen-bond donors (Lipinski definition) is 0. The SMILES string of the molecule is CCCCCC1CCCOC1=O.O=CC=O. The molecule has 92 valence electrons. The molecular formula is C12H20O4. The molecule has 1 heterocycles. The smallest absolute Gasteiger partial charge is 0.308 e. The molecule has 1 saturated heterocycles. The first-order chi connectivity index (χ1) is 7.76. The number of carbonyl (C=O) groups excluding carboxylic acids is 3. The van der Waals surface area contributed by atoms with Gasteiger partial charge in [0.2, 0.25) is 0 Å². The molecule has 0 aliphatic carbocycles. The minimum absolute atomic E-state index is 0.0392. The Hall–Kier alpha value is -1.19. The molecule has 0 saturated carbocycles. The van der Waals surface area contributed by atoms with E-state index in [0.29, 0.717) is 6.61 Å². The lowest BCUT2D eigenvalue weighted by Gasteiger charge is -2.20. The molecule has 4 nitrogen and oxygen atoms in total. The van der Waals surface area contributed by atoms with Crippen LogP contribution < -0.4 is 0 Å². The van der Waals surface area contributed by atoms with E-state index in [0.717, 1.165) is 19.3 Å². The highest BCUT2D eigenvalue weighted by atomic mass is 16.5. The average Bonchev–Trinajstić information content (AvgIpc) is 2.32. The van der Waals surface area contributed by atoms with Gasteiger partial charge in [-0.05, 0) is 19.3 Å². The maximum Gasteiger partial charge on any atom is 0.308 e. The van der Waals surface area contributed by atoms with E-state index in [1.54, 1.807) is 0 Å². The fourth-order valence-electron chi connectivity index (χ4n) is 1.64. The van der Waals surface area contributed by atoms with Gasteiger partial charge in [0.1, 0.15) is 0 Å². The number of rotatable bonds is 5. The van der Waals surface area contributed by atoms with Crippen LogP contribution in [0, 0.1) is 5.92 Å². The maximum atomic E-state index is 11.2. The number of hydrogen-bond acceptors (Lipinski definition) is 4. The number of unbranched alkanes of at least 4 members (excludes halogenated alkanes) is 2. The van der Waals surface area contributed by atoms with Crippen LogP contribution >= 0.6 is 0 Å². The molecule has 0 bridgehead atoms. The van der Waals surface area contributed by atoms with E-state index in [1.165, 1.54) is 19.3 Å². The van der Waals surface area contributed by atoms with Crippen molar-refractivity contribution < 1.29 is 19.1 Å². The van der Waals surface area contributed by atoms with Crippen molar-refractivity contribution in [1.29, 1.82) is 0 Å². The molecule has 0 spiro atoms. The second-order valence-electron chi connectivity index (χ2n) is 3.77. The fraction of sp³-hybridized carbons (Fsp3) is 0.750. The monoisotopic (exact) mass is 228 g/mol. The van der Waals surface area contributed by atoms with Crippen molar-refractivity contribution in [3.05, 3.63) is 0 Å². The lowest BCUT2D eigenvalue weighted by Crippen LogP contribution is -2.23. The quantitative estimate of drug-likeness (QED) is 0.312. The number of ether oxygens (including phenoxy) is 1. The number of esters is 1. The predicted octanol–water partition coefficient (Wildman–Crippen LogP) is 1.90. The third kappa shape index (κ3) is 7.15. The van der Waals surface area contributed by atoms with Crippen LogP contribution in [0.25, 0.3) is 0 Å². The van der Waals surface area contributed by atoms with Crippen molar-refractivity contribution in [1.82, 2.24) is 0 Å². The summed E-state index contributed by atoms with van der Waals surface area (Å²) < 4.78 is 4.98. The third-order valence-electron chi connectivity index (χ3n) is 2.49. The van der Waals surface area contributed by atoms with Crippen molar-refractivity contribution in [3.63, 3.8) is 0 Å². The first kappa shape index (κ1) is 14.8. The maximum absolute atomic E-state index is 11.2. The highest BCUT2D eigenvalue weighted by Crippen LogP contribution is 2.21. The van der Waals surface area contributed by atoms with Crippen LogP contribution in [0.5, 0.6) is 0 Å². The van der Waals surface area contributed by atoms with Crippen LogP contribution in [0.4, 0.5) is 0 Å². The van der Waals surface area contributed by atoms with Crippen LogP contribution in [-0.2, 0) is 19.1 Å². The summed E-state index contributed by atoms with van der Waals surface area (Å²) in [4.78, 5) is 28.8. The molecule has 16 heavy (non-hydrogen) atoms. The van der Waals surface area contributed by atoms with Crippen molar-refractivity contribution in [3.8, 4) is 0 Å². The molecule has 1 unspecified atom stereocenters. The van der Waals surface area contributed by atoms with Gasteiger partial charge in [-0.1, -0.05) is 26.2 Å². The summed E-state index contributed by atoms with van der Waals surface area (Å²) in [7, 11) is 0. The molecule has 1 aliphatic heterocycles. The van der Waals surface area contributed by atoms with Gasteiger partial charge in [-0.15, -0.1) is 0 Å². The van der Waals surface area contributed by atoms with E-state index in [2.05, 4.69) is 6.92 Å². The Kier molecular flexibility index (Phi) is 9.56. The van der Waals surface area contributed by atoms with E-state index < -0.39 is 0 Å². The van der Waals surface area contributed by atoms with Gasteiger partial charge in [0, 0.05) is 0 Å². The summed E-state index contributed by atoms with van der Waals surface area (Å²) in [6.45, 7) is 2.82. The topological polar surface area (TPSA) is 60.4 Å². The highest BCUT2D eigenvalue weighted by molar-refractivity contribution is 6.09. The normalized spacial score (nSPS) is 19.1. The molecule has 0 aromatic heterocycles. The zero-order valence-electron chi connectivity index (χ0n) is 9.81. The molecule has 1 fully saturated rings. The summed E-state index contributed by atoms with van der Waals surface area (Å²) >= 11 is 0. The lowest BCUT2D eigenvalue weighted by molar-refractivity contribution is -0.153. The van der Waals surface area contributed by atoms with Crippen molar-refractivity contribution in [2.75, 3.05) is 6.61 Å². The van der Waals surface area contributed by atoms with Crippen molar-refractivity contribution >= 4 is 18.5 Å². The average molecular weight is 228 g/mol. The molecule has 0 amide bonds. The Morgan fingerprint density at radius 3 is 2.50 bits per heavy atom. The molecule has 1 aliphatic rings. The molecule has 1 atom stereocenters. The Bertz CT molecular complexity index is 207. The minimum Gasteiger partial charge on any atom is -0.465 e. The molecular weight excluding hydrogens is 208 g/mol.